The van der Waals surface area contributed by atoms with Crippen LogP contribution in [-0.2, 0) is 60.1 Å². The maximum absolute atomic E-state index is 15.3. The standard InChI is InChI=1S/C36H35F7N4O5/c37-27-9-4-8-26(35(38,39)40)25(27)21-47-28-22-51-34(14-18-45(19-15-34)20-24-11-12-29(52-24)36(41,42)43)31(28)32(50)46(17-13-23-6-2-1-3-7-23)33(47)44-16-5-10-30(48)49/h1-4,6-9,11-12H,5,10,13-22H2,(H,48,49). The van der Waals surface area contributed by atoms with Crippen molar-refractivity contribution in [3.63, 3.8) is 0 Å². The first kappa shape index (κ1) is 37.1. The molecule has 0 aliphatic carbocycles. The van der Waals surface area contributed by atoms with Gasteiger partial charge in [-0.2, -0.15) is 26.3 Å². The average molecular weight is 737 g/mol. The van der Waals surface area contributed by atoms with Gasteiger partial charge in [-0.25, -0.2) is 4.39 Å². The predicted octanol–water partition coefficient (Wildman–Crippen LogP) is 6.50. The summed E-state index contributed by atoms with van der Waals surface area (Å²) in [5.74, 6) is -3.19. The van der Waals surface area contributed by atoms with Gasteiger partial charge >= 0.3 is 18.3 Å². The summed E-state index contributed by atoms with van der Waals surface area (Å²) in [6.07, 6.45) is -8.93. The fraction of sp³-hybridized carbons (Fsp3) is 0.417. The highest BCUT2D eigenvalue weighted by Gasteiger charge is 2.47. The van der Waals surface area contributed by atoms with Gasteiger partial charge in [0.05, 0.1) is 36.5 Å². The van der Waals surface area contributed by atoms with Crippen molar-refractivity contribution in [2.75, 3.05) is 19.6 Å². The number of carboxylic acids is 1. The number of carbonyl (C=O) groups is 1. The van der Waals surface area contributed by atoms with Gasteiger partial charge in [-0.15, -0.1) is 0 Å². The van der Waals surface area contributed by atoms with Gasteiger partial charge in [-0.1, -0.05) is 36.4 Å². The van der Waals surface area contributed by atoms with Crippen LogP contribution in [0, 0.1) is 5.82 Å². The maximum atomic E-state index is 15.3. The van der Waals surface area contributed by atoms with E-state index in [1.807, 2.05) is 35.2 Å². The molecule has 0 saturated carbocycles. The molecule has 4 heterocycles. The minimum absolute atomic E-state index is 0.0412. The van der Waals surface area contributed by atoms with E-state index in [0.717, 1.165) is 29.8 Å². The van der Waals surface area contributed by atoms with Crippen molar-refractivity contribution in [3.8, 4) is 0 Å². The lowest BCUT2D eigenvalue weighted by molar-refractivity contribution is -0.153. The third-order valence-corrected chi connectivity index (χ3v) is 9.49. The second-order valence-electron chi connectivity index (χ2n) is 12.9. The van der Waals surface area contributed by atoms with Crippen LogP contribution in [0.3, 0.4) is 0 Å². The number of piperidine rings is 1. The van der Waals surface area contributed by atoms with Crippen LogP contribution in [0.1, 0.15) is 65.2 Å². The van der Waals surface area contributed by atoms with Gasteiger partial charge in [0.1, 0.15) is 17.2 Å². The molecule has 0 bridgehead atoms. The van der Waals surface area contributed by atoms with E-state index in [1.54, 1.807) is 0 Å². The van der Waals surface area contributed by atoms with Crippen LogP contribution >= 0.6 is 0 Å². The molecular formula is C36H35F7N4O5. The van der Waals surface area contributed by atoms with Crippen LogP contribution in [-0.4, -0.2) is 44.7 Å². The molecule has 16 heteroatoms. The topological polar surface area (TPSA) is 102 Å². The molecule has 2 aromatic heterocycles. The van der Waals surface area contributed by atoms with E-state index in [2.05, 4.69) is 4.99 Å². The monoisotopic (exact) mass is 736 g/mol. The van der Waals surface area contributed by atoms with Crippen molar-refractivity contribution >= 4 is 5.97 Å². The summed E-state index contributed by atoms with van der Waals surface area (Å²) in [7, 11) is 0. The van der Waals surface area contributed by atoms with Crippen LogP contribution < -0.4 is 11.2 Å². The molecule has 52 heavy (non-hydrogen) atoms. The van der Waals surface area contributed by atoms with Crippen LogP contribution in [0.25, 0.3) is 0 Å². The van der Waals surface area contributed by atoms with E-state index in [-0.39, 0.29) is 87.6 Å². The summed E-state index contributed by atoms with van der Waals surface area (Å²) < 4.78 is 111. The molecule has 2 aromatic carbocycles. The number of hydrogen-bond acceptors (Lipinski definition) is 6. The highest BCUT2D eigenvalue weighted by Crippen LogP contribution is 2.43. The Morgan fingerprint density at radius 1 is 0.904 bits per heavy atom. The zero-order valence-corrected chi connectivity index (χ0v) is 27.8. The largest absolute Gasteiger partial charge is 0.481 e. The molecule has 4 aromatic rings. The summed E-state index contributed by atoms with van der Waals surface area (Å²) in [5, 5.41) is 9.19. The summed E-state index contributed by atoms with van der Waals surface area (Å²) >= 11 is 0. The number of aryl methyl sites for hydroxylation is 1. The van der Waals surface area contributed by atoms with Crippen molar-refractivity contribution < 1.29 is 49.8 Å². The first-order chi connectivity index (χ1) is 24.7. The molecule has 6 rings (SSSR count). The van der Waals surface area contributed by atoms with Gasteiger partial charge in [0.25, 0.3) is 5.56 Å². The first-order valence-electron chi connectivity index (χ1n) is 16.7. The number of rotatable bonds is 11. The van der Waals surface area contributed by atoms with Crippen LogP contribution in [0.15, 0.2) is 74.9 Å². The lowest BCUT2D eigenvalue weighted by Crippen LogP contribution is -2.49. The molecule has 2 aliphatic rings. The van der Waals surface area contributed by atoms with Gasteiger partial charge in [-0.05, 0) is 55.5 Å². The lowest BCUT2D eigenvalue weighted by atomic mass is 9.85. The predicted molar refractivity (Wildman–Crippen MR) is 171 cm³/mol. The minimum atomic E-state index is -4.90. The summed E-state index contributed by atoms with van der Waals surface area (Å²) in [6.45, 7) is -0.246. The number of halogens is 7. The van der Waals surface area contributed by atoms with E-state index in [1.165, 1.54) is 15.2 Å². The van der Waals surface area contributed by atoms with E-state index in [9.17, 15) is 41.0 Å². The number of fused-ring (bicyclic) bond motifs is 2. The third kappa shape index (κ3) is 7.87. The molecule has 2 aliphatic heterocycles. The molecule has 1 spiro atoms. The van der Waals surface area contributed by atoms with Crippen molar-refractivity contribution in [2.45, 2.75) is 76.3 Å². The molecule has 278 valence electrons. The number of ether oxygens (including phenoxy) is 1. The van der Waals surface area contributed by atoms with Crippen molar-refractivity contribution in [2.24, 2.45) is 4.99 Å². The van der Waals surface area contributed by atoms with Gasteiger partial charge in [0.15, 0.2) is 0 Å². The molecule has 9 nitrogen and oxygen atoms in total. The number of aromatic nitrogens is 2. The van der Waals surface area contributed by atoms with Crippen LogP contribution in [0.4, 0.5) is 30.7 Å². The number of carboxylic acid groups (broad SMARTS) is 1. The molecule has 0 unspecified atom stereocenters. The molecule has 1 saturated heterocycles. The number of furan rings is 1. The Hall–Kier alpha value is -4.70. The highest BCUT2D eigenvalue weighted by molar-refractivity contribution is 5.66. The SMILES string of the molecule is O=C(O)CCCN=c1n(Cc2c(F)cccc2C(F)(F)F)c2c(c(=O)n1CCc1ccccc1)C1(CCN(Cc3ccc(C(F)(F)F)o3)CC1)OC2. The number of nitrogens with zero attached hydrogens (tertiary/aromatic N) is 4. The number of alkyl halides is 6. The number of hydrogen-bond donors (Lipinski definition) is 1. The van der Waals surface area contributed by atoms with E-state index < -0.39 is 58.7 Å². The first-order valence-corrected chi connectivity index (χ1v) is 16.7. The molecule has 0 radical (unpaired) electrons. The Balaban J connectivity index is 1.44. The third-order valence-electron chi connectivity index (χ3n) is 9.49. The van der Waals surface area contributed by atoms with Crippen LogP contribution in [0.5, 0.6) is 0 Å². The highest BCUT2D eigenvalue weighted by atomic mass is 19.4. The second-order valence-corrected chi connectivity index (χ2v) is 12.9. The Morgan fingerprint density at radius 3 is 2.29 bits per heavy atom. The van der Waals surface area contributed by atoms with E-state index >= 15 is 4.39 Å². The Morgan fingerprint density at radius 2 is 1.63 bits per heavy atom. The van der Waals surface area contributed by atoms with Gasteiger partial charge in [0, 0.05) is 38.2 Å². The quantitative estimate of drug-likeness (QED) is 0.140. The fourth-order valence-corrected chi connectivity index (χ4v) is 6.92. The Bertz CT molecular complexity index is 2040. The molecule has 1 fully saturated rings. The normalized spacial score (nSPS) is 16.5. The van der Waals surface area contributed by atoms with Crippen molar-refractivity contribution in [3.05, 3.63) is 122 Å². The second kappa shape index (κ2) is 14.7. The summed E-state index contributed by atoms with van der Waals surface area (Å²) in [6, 6.07) is 13.9. The minimum Gasteiger partial charge on any atom is -0.481 e. The van der Waals surface area contributed by atoms with Gasteiger partial charge in [0.2, 0.25) is 11.4 Å². The van der Waals surface area contributed by atoms with Crippen molar-refractivity contribution in [1.82, 2.24) is 14.0 Å². The smallest absolute Gasteiger partial charge is 0.449 e. The fourth-order valence-electron chi connectivity index (χ4n) is 6.92. The summed E-state index contributed by atoms with van der Waals surface area (Å²) in [5.41, 5.74) is -2.30. The molecule has 0 atom stereocenters. The molecule has 1 N–H and O–H groups in total. The lowest BCUT2D eigenvalue weighted by Gasteiger charge is -2.38. The summed E-state index contributed by atoms with van der Waals surface area (Å²) in [4.78, 5) is 32.3. The average Bonchev–Trinajstić information content (AvgIpc) is 3.71. The van der Waals surface area contributed by atoms with Gasteiger partial charge < -0.3 is 18.8 Å². The van der Waals surface area contributed by atoms with E-state index in [0.29, 0.717) is 6.42 Å². The zero-order chi connectivity index (χ0) is 37.3. The number of likely N-dealkylation sites (tertiary alicyclic amines) is 1. The van der Waals surface area contributed by atoms with Gasteiger partial charge in [-0.3, -0.25) is 24.0 Å². The Labute approximate surface area is 292 Å². The molecular weight excluding hydrogens is 701 g/mol. The Kier molecular flexibility index (Phi) is 10.5. The maximum Gasteiger partial charge on any atom is 0.449 e. The zero-order valence-electron chi connectivity index (χ0n) is 27.8. The number of benzene rings is 2. The number of aliphatic carboxylic acids is 1. The van der Waals surface area contributed by atoms with Crippen LogP contribution in [0.2, 0.25) is 0 Å². The molecule has 0 amide bonds. The van der Waals surface area contributed by atoms with E-state index in [4.69, 9.17) is 9.15 Å². The van der Waals surface area contributed by atoms with Crippen molar-refractivity contribution in [1.29, 1.82) is 0 Å².